The van der Waals surface area contributed by atoms with Crippen LogP contribution in [0.5, 0.6) is 0 Å². The molecule has 2 amide bonds. The number of aliphatic hydroxyl groups is 1. The summed E-state index contributed by atoms with van der Waals surface area (Å²) in [6.45, 7) is 8.80. The Labute approximate surface area is 224 Å². The van der Waals surface area contributed by atoms with E-state index in [1.54, 1.807) is 49.4 Å². The highest BCUT2D eigenvalue weighted by atomic mass is 16.5. The molecule has 0 aromatic heterocycles. The molecule has 8 heteroatoms. The number of methoxy groups -OCH3 is 1. The fourth-order valence-corrected chi connectivity index (χ4v) is 3.97. The lowest BCUT2D eigenvalue weighted by Crippen LogP contribution is -2.50. The smallest absolute Gasteiger partial charge is 0.309 e. The van der Waals surface area contributed by atoms with Gasteiger partial charge in [-0.25, -0.2) is 0 Å². The molecular weight excluding hydrogens is 484 g/mol. The molecule has 0 saturated heterocycles. The molecule has 0 bridgehead atoms. The van der Waals surface area contributed by atoms with Crippen molar-refractivity contribution in [3.05, 3.63) is 97.1 Å². The first-order valence-corrected chi connectivity index (χ1v) is 12.6. The van der Waals surface area contributed by atoms with E-state index < -0.39 is 47.8 Å². The molecule has 0 spiro atoms. The number of rotatable bonds is 16. The van der Waals surface area contributed by atoms with Gasteiger partial charge in [0, 0.05) is 7.11 Å². The van der Waals surface area contributed by atoms with Gasteiger partial charge in [0.2, 0.25) is 11.8 Å². The van der Waals surface area contributed by atoms with Gasteiger partial charge in [0.05, 0.1) is 31.2 Å². The molecule has 5 atom stereocenters. The molecule has 2 aromatic carbocycles. The Balaban J connectivity index is 2.28. The topological polar surface area (TPSA) is 114 Å². The van der Waals surface area contributed by atoms with Crippen molar-refractivity contribution < 1.29 is 29.0 Å². The minimum absolute atomic E-state index is 0.0279. The van der Waals surface area contributed by atoms with Gasteiger partial charge in [-0.3, -0.25) is 14.4 Å². The number of carbonyl (C=O) groups excluding carboxylic acids is 3. The van der Waals surface area contributed by atoms with Crippen molar-refractivity contribution in [1.29, 1.82) is 0 Å². The Bertz CT molecular complexity index is 1040. The number of ether oxygens (including phenoxy) is 2. The number of aliphatic hydroxyl groups excluding tert-OH is 1. The first-order chi connectivity index (χ1) is 18.4. The molecule has 0 aliphatic carbocycles. The van der Waals surface area contributed by atoms with Gasteiger partial charge in [0.25, 0.3) is 0 Å². The van der Waals surface area contributed by atoms with Gasteiger partial charge in [-0.15, -0.1) is 13.2 Å². The third-order valence-electron chi connectivity index (χ3n) is 6.07. The Morgan fingerprint density at radius 1 is 0.895 bits per heavy atom. The van der Waals surface area contributed by atoms with Crippen molar-refractivity contribution in [3.63, 3.8) is 0 Å². The van der Waals surface area contributed by atoms with Crippen LogP contribution in [0.2, 0.25) is 0 Å². The lowest BCUT2D eigenvalue weighted by atomic mass is 9.98. The molecule has 204 valence electrons. The second kappa shape index (κ2) is 16.2. The number of hydrogen-bond donors (Lipinski definition) is 3. The van der Waals surface area contributed by atoms with Gasteiger partial charge >= 0.3 is 5.97 Å². The van der Waals surface area contributed by atoms with Crippen molar-refractivity contribution in [1.82, 2.24) is 10.6 Å². The summed E-state index contributed by atoms with van der Waals surface area (Å²) in [5.41, 5.74) is 1.38. The van der Waals surface area contributed by atoms with Crippen LogP contribution in [0.1, 0.15) is 43.0 Å². The standard InChI is InChI=1S/C30H38N2O6/c1-5-13-21(3)30(36)38-27(23-17-11-8-12-18-23)26(20-37-4)32-29(35)24(14-6-2)28(34)31-25(19-33)22-15-9-7-10-16-22/h5-12,15-18,21,24-27,33H,1-2,13-14,19-20H2,3-4H3,(H,31,34)(H,32,35)/t21-,24?,25-,26-,27-/m0/s1. The zero-order chi connectivity index (χ0) is 27.9. The number of allylic oxidation sites excluding steroid dienone is 2. The zero-order valence-corrected chi connectivity index (χ0v) is 22.0. The van der Waals surface area contributed by atoms with E-state index in [1.165, 1.54) is 13.2 Å². The van der Waals surface area contributed by atoms with Crippen LogP contribution in [-0.4, -0.2) is 49.3 Å². The van der Waals surface area contributed by atoms with Gasteiger partial charge in [-0.05, 0) is 24.0 Å². The molecule has 0 aliphatic rings. The summed E-state index contributed by atoms with van der Waals surface area (Å²) in [5.74, 6) is -3.13. The van der Waals surface area contributed by atoms with Crippen LogP contribution >= 0.6 is 0 Å². The number of esters is 1. The van der Waals surface area contributed by atoms with Crippen molar-refractivity contribution in [2.75, 3.05) is 20.3 Å². The first-order valence-electron chi connectivity index (χ1n) is 12.6. The first kappa shape index (κ1) is 30.5. The third-order valence-corrected chi connectivity index (χ3v) is 6.07. The van der Waals surface area contributed by atoms with Crippen LogP contribution in [0.3, 0.4) is 0 Å². The lowest BCUT2D eigenvalue weighted by Gasteiger charge is -2.30. The van der Waals surface area contributed by atoms with Crippen LogP contribution in [0.15, 0.2) is 86.0 Å². The maximum Gasteiger partial charge on any atom is 0.309 e. The second-order valence-electron chi connectivity index (χ2n) is 9.00. The lowest BCUT2D eigenvalue weighted by molar-refractivity contribution is -0.157. The molecule has 0 fully saturated rings. The van der Waals surface area contributed by atoms with Gasteiger partial charge in [-0.1, -0.05) is 79.7 Å². The van der Waals surface area contributed by atoms with Crippen LogP contribution in [0.25, 0.3) is 0 Å². The summed E-state index contributed by atoms with van der Waals surface area (Å²) >= 11 is 0. The summed E-state index contributed by atoms with van der Waals surface area (Å²) in [6.07, 6.45) is 2.78. The van der Waals surface area contributed by atoms with Crippen LogP contribution in [-0.2, 0) is 23.9 Å². The zero-order valence-electron chi connectivity index (χ0n) is 22.0. The number of hydrogen-bond acceptors (Lipinski definition) is 6. The summed E-state index contributed by atoms with van der Waals surface area (Å²) in [5, 5.41) is 15.5. The van der Waals surface area contributed by atoms with Gasteiger partial charge < -0.3 is 25.2 Å². The highest BCUT2D eigenvalue weighted by Gasteiger charge is 2.34. The summed E-state index contributed by atoms with van der Waals surface area (Å²) in [7, 11) is 1.48. The molecule has 2 rings (SSSR count). The molecule has 3 N–H and O–H groups in total. The fourth-order valence-electron chi connectivity index (χ4n) is 3.97. The molecule has 0 aliphatic heterocycles. The summed E-state index contributed by atoms with van der Waals surface area (Å²) < 4.78 is 11.2. The monoisotopic (exact) mass is 522 g/mol. The predicted octanol–water partition coefficient (Wildman–Crippen LogP) is 3.66. The molecule has 1 unspecified atom stereocenters. The van der Waals surface area contributed by atoms with Crippen LogP contribution in [0.4, 0.5) is 0 Å². The maximum absolute atomic E-state index is 13.4. The van der Waals surface area contributed by atoms with Gasteiger partial charge in [0.1, 0.15) is 12.0 Å². The van der Waals surface area contributed by atoms with Crippen molar-refractivity contribution in [2.45, 2.75) is 38.0 Å². The average molecular weight is 523 g/mol. The Morgan fingerprint density at radius 2 is 1.45 bits per heavy atom. The van der Waals surface area contributed by atoms with Crippen molar-refractivity contribution >= 4 is 17.8 Å². The molecule has 38 heavy (non-hydrogen) atoms. The molecule has 0 saturated carbocycles. The maximum atomic E-state index is 13.4. The van der Waals surface area contributed by atoms with Crippen molar-refractivity contribution in [2.24, 2.45) is 11.8 Å². The summed E-state index contributed by atoms with van der Waals surface area (Å²) in [6, 6.07) is 16.6. The van der Waals surface area contributed by atoms with Crippen molar-refractivity contribution in [3.8, 4) is 0 Å². The molecule has 0 heterocycles. The quantitative estimate of drug-likeness (QED) is 0.176. The van der Waals surface area contributed by atoms with E-state index in [9.17, 15) is 19.5 Å². The minimum atomic E-state index is -1.13. The number of benzene rings is 2. The Hall–Kier alpha value is -3.75. The van der Waals surface area contributed by atoms with E-state index in [-0.39, 0.29) is 19.6 Å². The second-order valence-corrected chi connectivity index (χ2v) is 9.00. The predicted molar refractivity (Wildman–Crippen MR) is 146 cm³/mol. The fraction of sp³-hybridized carbons (Fsp3) is 0.367. The number of nitrogens with one attached hydrogen (secondary N) is 2. The van der Waals surface area contributed by atoms with Gasteiger partial charge in [0.15, 0.2) is 0 Å². The van der Waals surface area contributed by atoms with E-state index in [0.717, 1.165) is 0 Å². The highest BCUT2D eigenvalue weighted by Crippen LogP contribution is 2.25. The Kier molecular flexibility index (Phi) is 13.0. The number of amides is 2. The molecule has 2 aromatic rings. The molecule has 0 radical (unpaired) electrons. The normalized spacial score (nSPS) is 14.7. The van der Waals surface area contributed by atoms with E-state index in [1.807, 2.05) is 24.3 Å². The largest absolute Gasteiger partial charge is 0.455 e. The minimum Gasteiger partial charge on any atom is -0.455 e. The third kappa shape index (κ3) is 8.97. The van der Waals surface area contributed by atoms with E-state index >= 15 is 0 Å². The SMILES string of the molecule is C=CCC(C(=O)N[C@@H](CO)c1ccccc1)C(=O)N[C@@H](COC)[C@@H](OC(=O)[C@@H](C)CC=C)c1ccccc1. The van der Waals surface area contributed by atoms with E-state index in [2.05, 4.69) is 23.8 Å². The molecular formula is C30H38N2O6. The van der Waals surface area contributed by atoms with E-state index in [0.29, 0.717) is 17.5 Å². The van der Waals surface area contributed by atoms with Crippen LogP contribution < -0.4 is 10.6 Å². The Morgan fingerprint density at radius 3 is 1.97 bits per heavy atom. The van der Waals surface area contributed by atoms with E-state index in [4.69, 9.17) is 9.47 Å². The average Bonchev–Trinajstić information content (AvgIpc) is 2.93. The number of carbonyl (C=O) groups is 3. The summed E-state index contributed by atoms with van der Waals surface area (Å²) in [4.78, 5) is 39.4. The highest BCUT2D eigenvalue weighted by molar-refractivity contribution is 6.00. The van der Waals surface area contributed by atoms with Gasteiger partial charge in [-0.2, -0.15) is 0 Å². The molecule has 8 nitrogen and oxygen atoms in total. The van der Waals surface area contributed by atoms with Crippen LogP contribution in [0, 0.1) is 11.8 Å².